The van der Waals surface area contributed by atoms with Crippen LogP contribution in [0.2, 0.25) is 0 Å². The van der Waals surface area contributed by atoms with E-state index in [-0.39, 0.29) is 12.2 Å². The van der Waals surface area contributed by atoms with Crippen molar-refractivity contribution < 1.29 is 14.7 Å². The molecule has 0 amide bonds. The Bertz CT molecular complexity index is 326. The van der Waals surface area contributed by atoms with Crippen LogP contribution >= 0.6 is 0 Å². The Balaban J connectivity index is 2.25. The zero-order valence-electron chi connectivity index (χ0n) is 9.61. The molecule has 0 fully saturated rings. The van der Waals surface area contributed by atoms with Crippen LogP contribution in [0.1, 0.15) is 39.0 Å². The smallest absolute Gasteiger partial charge is 0.303 e. The van der Waals surface area contributed by atoms with Crippen molar-refractivity contribution in [3.8, 4) is 0 Å². The van der Waals surface area contributed by atoms with Crippen LogP contribution in [-0.2, 0) is 9.59 Å². The molecule has 0 bridgehead atoms. The van der Waals surface area contributed by atoms with Gasteiger partial charge in [0, 0.05) is 18.4 Å². The minimum Gasteiger partial charge on any atom is -0.481 e. The van der Waals surface area contributed by atoms with Gasteiger partial charge in [-0.3, -0.25) is 9.59 Å². The lowest BCUT2D eigenvalue weighted by molar-refractivity contribution is -0.137. The third-order valence-electron chi connectivity index (χ3n) is 2.74. The Morgan fingerprint density at radius 1 is 1.62 bits per heavy atom. The molecular weight excluding hydrogens is 204 g/mol. The standard InChI is InChI=1S/C13H18O3/c1-10(8-9-13(15)16)4-2-5-11-6-3-7-12(11)14/h2,5-6,10H,3-4,7-9H2,1H3,(H,15,16)/b5-2-. The molecule has 1 aliphatic rings. The number of carbonyl (C=O) groups is 2. The number of allylic oxidation sites excluding steroid dienone is 4. The van der Waals surface area contributed by atoms with Gasteiger partial charge in [-0.1, -0.05) is 25.2 Å². The fourth-order valence-electron chi connectivity index (χ4n) is 1.69. The topological polar surface area (TPSA) is 54.4 Å². The maximum atomic E-state index is 11.3. The van der Waals surface area contributed by atoms with Gasteiger partial charge in [0.15, 0.2) is 5.78 Å². The van der Waals surface area contributed by atoms with E-state index in [1.165, 1.54) is 0 Å². The van der Waals surface area contributed by atoms with E-state index in [1.54, 1.807) is 0 Å². The van der Waals surface area contributed by atoms with Crippen molar-refractivity contribution >= 4 is 11.8 Å². The first-order chi connectivity index (χ1) is 7.59. The molecule has 16 heavy (non-hydrogen) atoms. The molecule has 1 N–H and O–H groups in total. The summed E-state index contributed by atoms with van der Waals surface area (Å²) in [5.74, 6) is -0.177. The Hall–Kier alpha value is -1.38. The number of carboxylic acids is 1. The van der Waals surface area contributed by atoms with Crippen LogP contribution in [0.4, 0.5) is 0 Å². The predicted molar refractivity (Wildman–Crippen MR) is 62.1 cm³/mol. The lowest BCUT2D eigenvalue weighted by atomic mass is 10.0. The van der Waals surface area contributed by atoms with Crippen LogP contribution in [0, 0.1) is 5.92 Å². The van der Waals surface area contributed by atoms with Crippen molar-refractivity contribution in [2.75, 3.05) is 0 Å². The molecule has 1 aliphatic carbocycles. The molecule has 1 atom stereocenters. The van der Waals surface area contributed by atoms with Gasteiger partial charge in [-0.15, -0.1) is 0 Å². The fourth-order valence-corrected chi connectivity index (χ4v) is 1.69. The summed E-state index contributed by atoms with van der Waals surface area (Å²) in [6.07, 6.45) is 9.03. The summed E-state index contributed by atoms with van der Waals surface area (Å²) in [5.41, 5.74) is 0.811. The van der Waals surface area contributed by atoms with E-state index in [9.17, 15) is 9.59 Å². The molecule has 0 radical (unpaired) electrons. The highest BCUT2D eigenvalue weighted by molar-refractivity contribution is 6.00. The van der Waals surface area contributed by atoms with Crippen LogP contribution in [-0.4, -0.2) is 16.9 Å². The van der Waals surface area contributed by atoms with E-state index in [4.69, 9.17) is 5.11 Å². The highest BCUT2D eigenvalue weighted by atomic mass is 16.4. The van der Waals surface area contributed by atoms with Crippen LogP contribution in [0.15, 0.2) is 23.8 Å². The molecule has 88 valence electrons. The first kappa shape index (κ1) is 12.7. The quantitative estimate of drug-likeness (QED) is 0.751. The number of aliphatic carboxylic acids is 1. The lowest BCUT2D eigenvalue weighted by Crippen LogP contribution is -2.00. The predicted octanol–water partition coefficient (Wildman–Crippen LogP) is 2.72. The third-order valence-corrected chi connectivity index (χ3v) is 2.74. The maximum Gasteiger partial charge on any atom is 0.303 e. The van der Waals surface area contributed by atoms with E-state index in [1.807, 2.05) is 25.2 Å². The highest BCUT2D eigenvalue weighted by Crippen LogP contribution is 2.16. The molecule has 0 aromatic carbocycles. The van der Waals surface area contributed by atoms with Crippen molar-refractivity contribution in [1.29, 1.82) is 0 Å². The van der Waals surface area contributed by atoms with Crippen LogP contribution in [0.3, 0.4) is 0 Å². The Morgan fingerprint density at radius 2 is 2.38 bits per heavy atom. The van der Waals surface area contributed by atoms with Gasteiger partial charge in [-0.2, -0.15) is 0 Å². The number of rotatable bonds is 6. The number of ketones is 1. The van der Waals surface area contributed by atoms with E-state index in [2.05, 4.69) is 0 Å². The molecule has 0 heterocycles. The largest absolute Gasteiger partial charge is 0.481 e. The summed E-state index contributed by atoms with van der Waals surface area (Å²) in [5, 5.41) is 8.52. The van der Waals surface area contributed by atoms with Crippen LogP contribution in [0.25, 0.3) is 0 Å². The second-order valence-electron chi connectivity index (χ2n) is 4.30. The van der Waals surface area contributed by atoms with Gasteiger partial charge in [0.1, 0.15) is 0 Å². The third kappa shape index (κ3) is 4.43. The molecule has 0 saturated heterocycles. The van der Waals surface area contributed by atoms with Crippen LogP contribution < -0.4 is 0 Å². The molecule has 0 aliphatic heterocycles. The summed E-state index contributed by atoms with van der Waals surface area (Å²) in [6, 6.07) is 0. The highest BCUT2D eigenvalue weighted by Gasteiger charge is 2.11. The SMILES string of the molecule is CC(C/C=C\C1=CCCC1=O)CCC(=O)O. The number of hydrogen-bond acceptors (Lipinski definition) is 2. The molecule has 0 aromatic heterocycles. The summed E-state index contributed by atoms with van der Waals surface area (Å²) >= 11 is 0. The van der Waals surface area contributed by atoms with E-state index >= 15 is 0 Å². The fraction of sp³-hybridized carbons (Fsp3) is 0.538. The number of Topliss-reactive ketones (excluding diaryl/α,β-unsaturated/α-hetero) is 1. The van der Waals surface area contributed by atoms with Gasteiger partial charge in [0.05, 0.1) is 0 Å². The molecule has 3 nitrogen and oxygen atoms in total. The van der Waals surface area contributed by atoms with Gasteiger partial charge >= 0.3 is 5.97 Å². The molecule has 0 saturated carbocycles. The minimum atomic E-state index is -0.746. The Labute approximate surface area is 95.9 Å². The second-order valence-corrected chi connectivity index (χ2v) is 4.30. The van der Waals surface area contributed by atoms with Gasteiger partial charge in [0.25, 0.3) is 0 Å². The maximum absolute atomic E-state index is 11.3. The first-order valence-electron chi connectivity index (χ1n) is 5.71. The minimum absolute atomic E-state index is 0.217. The number of carbonyl (C=O) groups excluding carboxylic acids is 1. The van der Waals surface area contributed by atoms with Gasteiger partial charge in [-0.05, 0) is 25.2 Å². The summed E-state index contributed by atoms with van der Waals surface area (Å²) in [4.78, 5) is 21.6. The van der Waals surface area contributed by atoms with E-state index in [0.29, 0.717) is 18.8 Å². The van der Waals surface area contributed by atoms with Crippen molar-refractivity contribution in [1.82, 2.24) is 0 Å². The van der Waals surface area contributed by atoms with Gasteiger partial charge in [-0.25, -0.2) is 0 Å². The average Bonchev–Trinajstić information content (AvgIpc) is 2.61. The zero-order chi connectivity index (χ0) is 12.0. The lowest BCUT2D eigenvalue weighted by Gasteiger charge is -2.05. The summed E-state index contributed by atoms with van der Waals surface area (Å²) < 4.78 is 0. The molecule has 1 rings (SSSR count). The first-order valence-corrected chi connectivity index (χ1v) is 5.71. The number of carboxylic acid groups (broad SMARTS) is 1. The second kappa shape index (κ2) is 6.26. The monoisotopic (exact) mass is 222 g/mol. The Kier molecular flexibility index (Phi) is 4.96. The Morgan fingerprint density at radius 3 is 2.94 bits per heavy atom. The van der Waals surface area contributed by atoms with Crippen molar-refractivity contribution in [2.24, 2.45) is 5.92 Å². The normalized spacial score (nSPS) is 17.8. The van der Waals surface area contributed by atoms with E-state index in [0.717, 1.165) is 18.4 Å². The summed E-state index contributed by atoms with van der Waals surface area (Å²) in [7, 11) is 0. The van der Waals surface area contributed by atoms with Gasteiger partial charge in [0.2, 0.25) is 0 Å². The molecular formula is C13H18O3. The molecule has 0 aromatic rings. The molecule has 0 spiro atoms. The van der Waals surface area contributed by atoms with Crippen molar-refractivity contribution in [3.63, 3.8) is 0 Å². The summed E-state index contributed by atoms with van der Waals surface area (Å²) in [6.45, 7) is 2.03. The average molecular weight is 222 g/mol. The van der Waals surface area contributed by atoms with Crippen LogP contribution in [0.5, 0.6) is 0 Å². The number of hydrogen-bond donors (Lipinski definition) is 1. The van der Waals surface area contributed by atoms with Gasteiger partial charge < -0.3 is 5.11 Å². The van der Waals surface area contributed by atoms with E-state index < -0.39 is 5.97 Å². The molecule has 1 unspecified atom stereocenters. The van der Waals surface area contributed by atoms with Crippen molar-refractivity contribution in [2.45, 2.75) is 39.0 Å². The molecule has 3 heteroatoms. The zero-order valence-corrected chi connectivity index (χ0v) is 9.61. The van der Waals surface area contributed by atoms with Crippen molar-refractivity contribution in [3.05, 3.63) is 23.8 Å².